The number of benzene rings is 2. The minimum absolute atomic E-state index is 0.0313. The number of nitriles is 1. The van der Waals surface area contributed by atoms with Crippen LogP contribution in [0, 0.1) is 18.3 Å². The van der Waals surface area contributed by atoms with Crippen LogP contribution in [0.3, 0.4) is 0 Å². The number of nitrogens with one attached hydrogen (secondary N) is 1. The predicted molar refractivity (Wildman–Crippen MR) is 136 cm³/mol. The average Bonchev–Trinajstić information content (AvgIpc) is 3.45. The van der Waals surface area contributed by atoms with E-state index in [1.54, 1.807) is 18.5 Å². The zero-order valence-electron chi connectivity index (χ0n) is 19.0. The van der Waals surface area contributed by atoms with Crippen LogP contribution in [0.25, 0.3) is 17.1 Å². The number of thioether (sulfide) groups is 1. The van der Waals surface area contributed by atoms with Crippen molar-refractivity contribution < 1.29 is 14.3 Å². The maximum absolute atomic E-state index is 12.7. The number of thiophene rings is 1. The second-order valence-corrected chi connectivity index (χ2v) is 9.22. The summed E-state index contributed by atoms with van der Waals surface area (Å²) in [5.74, 6) is -0.144. The normalized spacial score (nSPS) is 10.5. The fourth-order valence-electron chi connectivity index (χ4n) is 3.30. The summed E-state index contributed by atoms with van der Waals surface area (Å²) < 4.78 is 6.79. The van der Waals surface area contributed by atoms with E-state index in [1.807, 2.05) is 60.7 Å². The monoisotopic (exact) mass is 503 g/mol. The molecule has 0 saturated carbocycles. The van der Waals surface area contributed by atoms with Gasteiger partial charge in [0, 0.05) is 5.56 Å². The van der Waals surface area contributed by atoms with Crippen molar-refractivity contribution >= 4 is 40.0 Å². The molecule has 176 valence electrons. The lowest BCUT2D eigenvalue weighted by atomic mass is 10.2. The van der Waals surface area contributed by atoms with E-state index < -0.39 is 5.97 Å². The highest BCUT2D eigenvalue weighted by atomic mass is 32.2. The summed E-state index contributed by atoms with van der Waals surface area (Å²) in [5, 5.41) is 17.6. The molecular formula is C25H21N5O3S2. The van der Waals surface area contributed by atoms with Crippen molar-refractivity contribution in [2.24, 2.45) is 0 Å². The van der Waals surface area contributed by atoms with E-state index in [1.165, 1.54) is 11.8 Å². The van der Waals surface area contributed by atoms with E-state index >= 15 is 0 Å². The van der Waals surface area contributed by atoms with Crippen molar-refractivity contribution in [3.8, 4) is 23.1 Å². The molecule has 35 heavy (non-hydrogen) atoms. The first kappa shape index (κ1) is 24.2. The van der Waals surface area contributed by atoms with Crippen LogP contribution in [0.4, 0.5) is 5.00 Å². The van der Waals surface area contributed by atoms with Crippen molar-refractivity contribution in [2.45, 2.75) is 19.0 Å². The fourth-order valence-corrected chi connectivity index (χ4v) is 4.99. The Morgan fingerprint density at radius 2 is 1.83 bits per heavy atom. The van der Waals surface area contributed by atoms with Crippen LogP contribution < -0.4 is 5.32 Å². The number of amides is 1. The molecule has 0 radical (unpaired) electrons. The second kappa shape index (κ2) is 11.0. The molecule has 1 N–H and O–H groups in total. The lowest BCUT2D eigenvalue weighted by Gasteiger charge is -2.05. The molecule has 4 aromatic rings. The van der Waals surface area contributed by atoms with Crippen molar-refractivity contribution in [3.05, 3.63) is 76.7 Å². The Hall–Kier alpha value is -3.94. The Morgan fingerprint density at radius 1 is 1.14 bits per heavy atom. The predicted octanol–water partition coefficient (Wildman–Crippen LogP) is 5.08. The molecule has 1 amide bonds. The van der Waals surface area contributed by atoms with Crippen LogP contribution in [0.2, 0.25) is 0 Å². The highest BCUT2D eigenvalue weighted by Gasteiger charge is 2.22. The van der Waals surface area contributed by atoms with Crippen molar-refractivity contribution in [1.29, 1.82) is 5.26 Å². The topological polar surface area (TPSA) is 110 Å². The molecule has 0 aliphatic heterocycles. The van der Waals surface area contributed by atoms with E-state index in [4.69, 9.17) is 4.74 Å². The van der Waals surface area contributed by atoms with Crippen LogP contribution in [0.1, 0.15) is 27.7 Å². The van der Waals surface area contributed by atoms with Gasteiger partial charge >= 0.3 is 5.97 Å². The largest absolute Gasteiger partial charge is 0.462 e. The number of anilines is 1. The Kier molecular flexibility index (Phi) is 7.60. The minimum Gasteiger partial charge on any atom is -0.462 e. The van der Waals surface area contributed by atoms with Gasteiger partial charge in [0.25, 0.3) is 0 Å². The van der Waals surface area contributed by atoms with E-state index in [2.05, 4.69) is 21.5 Å². The van der Waals surface area contributed by atoms with Gasteiger partial charge in [0.05, 0.1) is 23.6 Å². The SMILES string of the molecule is CCOC(=O)c1sc(NC(=O)CSc2nc(-c3ccccc3)n(-c3ccccc3)n2)c(C#N)c1C. The molecule has 2 heterocycles. The number of ether oxygens (including phenoxy) is 1. The molecule has 0 saturated heterocycles. The first-order valence-electron chi connectivity index (χ1n) is 10.7. The zero-order valence-corrected chi connectivity index (χ0v) is 20.7. The summed E-state index contributed by atoms with van der Waals surface area (Å²) >= 11 is 2.22. The molecule has 2 aromatic heterocycles. The number of aromatic nitrogens is 3. The molecule has 2 aromatic carbocycles. The van der Waals surface area contributed by atoms with Gasteiger partial charge in [0.2, 0.25) is 11.1 Å². The van der Waals surface area contributed by atoms with Gasteiger partial charge < -0.3 is 10.1 Å². The van der Waals surface area contributed by atoms with Crippen molar-refractivity contribution in [2.75, 3.05) is 17.7 Å². The number of nitrogens with zero attached hydrogens (tertiary/aromatic N) is 4. The van der Waals surface area contributed by atoms with Gasteiger partial charge in [0.15, 0.2) is 5.82 Å². The maximum Gasteiger partial charge on any atom is 0.348 e. The third-order valence-electron chi connectivity index (χ3n) is 4.93. The zero-order chi connectivity index (χ0) is 24.8. The van der Waals surface area contributed by atoms with E-state index in [9.17, 15) is 14.9 Å². The van der Waals surface area contributed by atoms with Gasteiger partial charge in [-0.2, -0.15) is 5.26 Å². The lowest BCUT2D eigenvalue weighted by molar-refractivity contribution is -0.113. The van der Waals surface area contributed by atoms with Gasteiger partial charge in [-0.05, 0) is 31.5 Å². The van der Waals surface area contributed by atoms with Gasteiger partial charge in [-0.15, -0.1) is 16.4 Å². The van der Waals surface area contributed by atoms with Gasteiger partial charge in [-0.3, -0.25) is 4.79 Å². The summed E-state index contributed by atoms with van der Waals surface area (Å²) in [6.07, 6.45) is 0. The second-order valence-electron chi connectivity index (χ2n) is 7.26. The smallest absolute Gasteiger partial charge is 0.348 e. The Balaban J connectivity index is 1.52. The molecule has 0 atom stereocenters. The number of rotatable bonds is 8. The van der Waals surface area contributed by atoms with Crippen LogP contribution in [0.5, 0.6) is 0 Å². The Labute approximate surface area is 210 Å². The van der Waals surface area contributed by atoms with Gasteiger partial charge in [-0.25, -0.2) is 14.5 Å². The third-order valence-corrected chi connectivity index (χ3v) is 6.95. The summed E-state index contributed by atoms with van der Waals surface area (Å²) in [6.45, 7) is 3.60. The first-order valence-corrected chi connectivity index (χ1v) is 12.5. The molecule has 0 spiro atoms. The van der Waals surface area contributed by atoms with Gasteiger partial charge in [-0.1, -0.05) is 60.3 Å². The van der Waals surface area contributed by atoms with Gasteiger partial charge in [0.1, 0.15) is 15.9 Å². The van der Waals surface area contributed by atoms with Crippen LogP contribution in [-0.4, -0.2) is 39.0 Å². The average molecular weight is 504 g/mol. The number of hydrogen-bond donors (Lipinski definition) is 1. The molecule has 8 nitrogen and oxygen atoms in total. The van der Waals surface area contributed by atoms with E-state index in [0.29, 0.717) is 26.4 Å². The van der Waals surface area contributed by atoms with Crippen LogP contribution >= 0.6 is 23.1 Å². The van der Waals surface area contributed by atoms with Crippen LogP contribution in [0.15, 0.2) is 65.8 Å². The lowest BCUT2D eigenvalue weighted by Crippen LogP contribution is -2.14. The molecule has 10 heteroatoms. The Morgan fingerprint density at radius 3 is 2.49 bits per heavy atom. The highest BCUT2D eigenvalue weighted by molar-refractivity contribution is 7.99. The van der Waals surface area contributed by atoms with Crippen LogP contribution in [-0.2, 0) is 9.53 Å². The van der Waals surface area contributed by atoms with E-state index in [0.717, 1.165) is 22.6 Å². The summed E-state index contributed by atoms with van der Waals surface area (Å²) in [5.41, 5.74) is 2.51. The first-order chi connectivity index (χ1) is 17.0. The Bertz CT molecular complexity index is 1330. The third kappa shape index (κ3) is 5.42. The quantitative estimate of drug-likeness (QED) is 0.264. The number of hydrogen-bond acceptors (Lipinski definition) is 8. The number of esters is 1. The standard InChI is InChI=1S/C25H21N5O3S2/c1-3-33-24(32)21-16(2)19(14-26)23(35-21)27-20(31)15-34-25-28-22(17-10-6-4-7-11-17)30(29-25)18-12-8-5-9-13-18/h4-13H,3,15H2,1-2H3,(H,27,31). The fraction of sp³-hybridized carbons (Fsp3) is 0.160. The van der Waals surface area contributed by atoms with Crippen molar-refractivity contribution in [3.63, 3.8) is 0 Å². The molecule has 0 aliphatic rings. The van der Waals surface area contributed by atoms with Crippen molar-refractivity contribution in [1.82, 2.24) is 14.8 Å². The van der Waals surface area contributed by atoms with E-state index in [-0.39, 0.29) is 23.8 Å². The molecule has 0 fully saturated rings. The number of carbonyl (C=O) groups excluding carboxylic acids is 2. The minimum atomic E-state index is -0.509. The highest BCUT2D eigenvalue weighted by Crippen LogP contribution is 2.33. The molecular weight excluding hydrogens is 482 g/mol. The summed E-state index contributed by atoms with van der Waals surface area (Å²) in [7, 11) is 0. The molecule has 0 bridgehead atoms. The number of para-hydroxylation sites is 1. The summed E-state index contributed by atoms with van der Waals surface area (Å²) in [4.78, 5) is 29.8. The summed E-state index contributed by atoms with van der Waals surface area (Å²) in [6, 6.07) is 21.4. The molecule has 4 rings (SSSR count). The maximum atomic E-state index is 12.7. The molecule has 0 aliphatic carbocycles. The number of carbonyl (C=O) groups is 2. The molecule has 0 unspecified atom stereocenters.